The van der Waals surface area contributed by atoms with E-state index in [1.54, 1.807) is 6.07 Å². The van der Waals surface area contributed by atoms with Gasteiger partial charge in [-0.1, -0.05) is 17.7 Å². The fraction of sp³-hybridized carbons (Fsp3) is 0.571. The highest BCUT2D eigenvalue weighted by atomic mass is 35.5. The molecule has 0 aromatic heterocycles. The fourth-order valence-corrected chi connectivity index (χ4v) is 2.70. The molecular weight excluding hydrogens is 253 g/mol. The van der Waals surface area contributed by atoms with E-state index in [4.69, 9.17) is 16.3 Å². The molecule has 1 fully saturated rings. The van der Waals surface area contributed by atoms with E-state index in [1.807, 2.05) is 13.8 Å². The van der Waals surface area contributed by atoms with Crippen molar-refractivity contribution in [2.24, 2.45) is 0 Å². The summed E-state index contributed by atoms with van der Waals surface area (Å²) in [5.41, 5.74) is 0.943. The molecule has 100 valence electrons. The first-order valence-corrected chi connectivity index (χ1v) is 6.80. The van der Waals surface area contributed by atoms with Crippen LogP contribution in [0.2, 0.25) is 5.02 Å². The first-order chi connectivity index (χ1) is 8.60. The molecule has 0 radical (unpaired) electrons. The summed E-state index contributed by atoms with van der Waals surface area (Å²) < 4.78 is 18.5. The molecule has 0 saturated heterocycles. The van der Waals surface area contributed by atoms with Gasteiger partial charge in [0.15, 0.2) is 0 Å². The molecule has 0 heterocycles. The number of ether oxygens (including phenoxy) is 1. The van der Waals surface area contributed by atoms with Crippen LogP contribution in [-0.2, 0) is 4.74 Å². The molecule has 1 aliphatic rings. The zero-order valence-electron chi connectivity index (χ0n) is 10.7. The molecule has 1 aromatic carbocycles. The molecule has 2 nitrogen and oxygen atoms in total. The molecule has 1 unspecified atom stereocenters. The van der Waals surface area contributed by atoms with Gasteiger partial charge in [0.1, 0.15) is 5.82 Å². The topological polar surface area (TPSA) is 21.3 Å². The summed E-state index contributed by atoms with van der Waals surface area (Å²) in [4.78, 5) is 0. The first-order valence-electron chi connectivity index (χ1n) is 6.42. The van der Waals surface area contributed by atoms with Gasteiger partial charge < -0.3 is 10.1 Å². The second-order valence-corrected chi connectivity index (χ2v) is 5.21. The van der Waals surface area contributed by atoms with Crippen LogP contribution in [0.15, 0.2) is 18.2 Å². The summed E-state index contributed by atoms with van der Waals surface area (Å²) >= 11 is 6.04. The van der Waals surface area contributed by atoms with Gasteiger partial charge in [-0.2, -0.15) is 0 Å². The van der Waals surface area contributed by atoms with Crippen molar-refractivity contribution in [1.29, 1.82) is 0 Å². The Morgan fingerprint density at radius 3 is 2.83 bits per heavy atom. The summed E-state index contributed by atoms with van der Waals surface area (Å²) in [7, 11) is 0. The number of nitrogens with one attached hydrogen (secondary N) is 1. The molecular formula is C14H19ClFNO. The molecule has 0 bridgehead atoms. The maximum Gasteiger partial charge on any atom is 0.124 e. The first kappa shape index (κ1) is 13.8. The minimum Gasteiger partial charge on any atom is -0.378 e. The summed E-state index contributed by atoms with van der Waals surface area (Å²) in [6.45, 7) is 4.84. The number of benzene rings is 1. The van der Waals surface area contributed by atoms with Gasteiger partial charge in [-0.05, 0) is 44.4 Å². The zero-order chi connectivity index (χ0) is 13.1. The maximum atomic E-state index is 13.0. The van der Waals surface area contributed by atoms with E-state index in [9.17, 15) is 4.39 Å². The van der Waals surface area contributed by atoms with E-state index >= 15 is 0 Å². The highest BCUT2D eigenvalue weighted by molar-refractivity contribution is 6.31. The lowest BCUT2D eigenvalue weighted by atomic mass is 9.88. The van der Waals surface area contributed by atoms with Crippen molar-refractivity contribution in [3.8, 4) is 0 Å². The molecule has 0 aliphatic heterocycles. The van der Waals surface area contributed by atoms with Crippen molar-refractivity contribution < 1.29 is 9.13 Å². The highest BCUT2D eigenvalue weighted by Crippen LogP contribution is 2.29. The van der Waals surface area contributed by atoms with Crippen LogP contribution in [-0.4, -0.2) is 18.8 Å². The van der Waals surface area contributed by atoms with E-state index < -0.39 is 0 Å². The normalized spacial score (nSPS) is 24.7. The number of hydrogen-bond donors (Lipinski definition) is 1. The molecule has 0 amide bonds. The summed E-state index contributed by atoms with van der Waals surface area (Å²) in [5, 5.41) is 3.98. The van der Waals surface area contributed by atoms with Crippen LogP contribution in [0.4, 0.5) is 4.39 Å². The van der Waals surface area contributed by atoms with Crippen LogP contribution in [0.1, 0.15) is 38.3 Å². The average molecular weight is 272 g/mol. The van der Waals surface area contributed by atoms with Gasteiger partial charge in [0, 0.05) is 23.7 Å². The molecule has 4 heteroatoms. The third-order valence-electron chi connectivity index (χ3n) is 3.41. The van der Waals surface area contributed by atoms with Gasteiger partial charge >= 0.3 is 0 Å². The van der Waals surface area contributed by atoms with Crippen LogP contribution in [0.5, 0.6) is 0 Å². The second kappa shape index (κ2) is 6.00. The van der Waals surface area contributed by atoms with Gasteiger partial charge in [0.05, 0.1) is 6.10 Å². The van der Waals surface area contributed by atoms with Gasteiger partial charge in [-0.15, -0.1) is 0 Å². The van der Waals surface area contributed by atoms with Gasteiger partial charge in [0.25, 0.3) is 0 Å². The monoisotopic (exact) mass is 271 g/mol. The SMILES string of the molecule is CCOC1CC(NC(C)c2ccc(F)cc2Cl)C1. The van der Waals surface area contributed by atoms with Crippen molar-refractivity contribution in [1.82, 2.24) is 5.32 Å². The van der Waals surface area contributed by atoms with Crippen LogP contribution >= 0.6 is 11.6 Å². The van der Waals surface area contributed by atoms with E-state index in [1.165, 1.54) is 12.1 Å². The Morgan fingerprint density at radius 1 is 1.50 bits per heavy atom. The van der Waals surface area contributed by atoms with Crippen LogP contribution in [0.25, 0.3) is 0 Å². The smallest absolute Gasteiger partial charge is 0.124 e. The largest absolute Gasteiger partial charge is 0.378 e. The second-order valence-electron chi connectivity index (χ2n) is 4.80. The van der Waals surface area contributed by atoms with Crippen LogP contribution < -0.4 is 5.32 Å². The van der Waals surface area contributed by atoms with Crippen LogP contribution in [0.3, 0.4) is 0 Å². The Balaban J connectivity index is 1.87. The van der Waals surface area contributed by atoms with Gasteiger partial charge in [-0.25, -0.2) is 4.39 Å². The van der Waals surface area contributed by atoms with E-state index in [0.29, 0.717) is 17.2 Å². The minimum absolute atomic E-state index is 0.130. The number of hydrogen-bond acceptors (Lipinski definition) is 2. The lowest BCUT2D eigenvalue weighted by Crippen LogP contribution is -2.46. The molecule has 1 saturated carbocycles. The highest BCUT2D eigenvalue weighted by Gasteiger charge is 2.30. The summed E-state index contributed by atoms with van der Waals surface area (Å²) in [6, 6.07) is 5.15. The van der Waals surface area contributed by atoms with Crippen molar-refractivity contribution in [3.63, 3.8) is 0 Å². The fourth-order valence-electron chi connectivity index (χ4n) is 2.37. The molecule has 18 heavy (non-hydrogen) atoms. The zero-order valence-corrected chi connectivity index (χ0v) is 11.5. The molecule has 1 aromatic rings. The standard InChI is InChI=1S/C14H19ClFNO/c1-3-18-12-7-11(8-12)17-9(2)13-5-4-10(16)6-14(13)15/h4-6,9,11-12,17H,3,7-8H2,1-2H3. The van der Waals surface area contributed by atoms with E-state index in [0.717, 1.165) is 25.0 Å². The van der Waals surface area contributed by atoms with Gasteiger partial charge in [0.2, 0.25) is 0 Å². The molecule has 1 N–H and O–H groups in total. The van der Waals surface area contributed by atoms with Gasteiger partial charge in [-0.3, -0.25) is 0 Å². The third kappa shape index (κ3) is 3.22. The van der Waals surface area contributed by atoms with E-state index in [-0.39, 0.29) is 11.9 Å². The Hall–Kier alpha value is -0.640. The maximum absolute atomic E-state index is 13.0. The summed E-state index contributed by atoms with van der Waals surface area (Å²) in [6.07, 6.45) is 2.47. The Labute approximate surface area is 112 Å². The van der Waals surface area contributed by atoms with Crippen molar-refractivity contribution in [2.45, 2.75) is 44.9 Å². The molecule has 1 atom stereocenters. The quantitative estimate of drug-likeness (QED) is 0.882. The molecule has 2 rings (SSSR count). The summed E-state index contributed by atoms with van der Waals surface area (Å²) in [5.74, 6) is -0.295. The lowest BCUT2D eigenvalue weighted by Gasteiger charge is -2.37. The Kier molecular flexibility index (Phi) is 4.60. The van der Waals surface area contributed by atoms with Crippen LogP contribution in [0, 0.1) is 5.82 Å². The van der Waals surface area contributed by atoms with Crippen molar-refractivity contribution in [2.75, 3.05) is 6.61 Å². The lowest BCUT2D eigenvalue weighted by molar-refractivity contribution is -0.0120. The van der Waals surface area contributed by atoms with Crippen molar-refractivity contribution in [3.05, 3.63) is 34.6 Å². The molecule has 1 aliphatic carbocycles. The predicted octanol–water partition coefficient (Wildman–Crippen LogP) is 3.70. The Morgan fingerprint density at radius 2 is 2.22 bits per heavy atom. The predicted molar refractivity (Wildman–Crippen MR) is 71.4 cm³/mol. The van der Waals surface area contributed by atoms with E-state index in [2.05, 4.69) is 5.32 Å². The van der Waals surface area contributed by atoms with Crippen molar-refractivity contribution >= 4 is 11.6 Å². The third-order valence-corrected chi connectivity index (χ3v) is 3.74. The average Bonchev–Trinajstić information content (AvgIpc) is 2.26. The number of halogens is 2. The minimum atomic E-state index is -0.295. The molecule has 0 spiro atoms. The number of rotatable bonds is 5. The Bertz CT molecular complexity index is 407.